The summed E-state index contributed by atoms with van der Waals surface area (Å²) >= 11 is 0. The van der Waals surface area contributed by atoms with Crippen LogP contribution in [0.15, 0.2) is 31.0 Å². The lowest BCUT2D eigenvalue weighted by Crippen LogP contribution is -2.32. The number of nitrogens with zero attached hydrogens (tertiary/aromatic N) is 5. The molecule has 0 atom stereocenters. The highest BCUT2D eigenvalue weighted by Crippen LogP contribution is 2.31. The monoisotopic (exact) mass is 294 g/mol. The smallest absolute Gasteiger partial charge is 0.141 e. The van der Waals surface area contributed by atoms with Crippen LogP contribution in [0.3, 0.4) is 0 Å². The summed E-state index contributed by atoms with van der Waals surface area (Å²) in [7, 11) is 0. The molecule has 0 amide bonds. The van der Waals surface area contributed by atoms with E-state index in [0.717, 1.165) is 35.1 Å². The molecule has 3 heterocycles. The number of fused-ring (bicyclic) bond motifs is 1. The SMILES string of the molecule is CCC(CC)(CC#N)n1cc(-c2ncnc3[nH]ccc23)cn1. The zero-order valence-electron chi connectivity index (χ0n) is 12.7. The molecule has 1 N–H and O–H groups in total. The van der Waals surface area contributed by atoms with Crippen molar-refractivity contribution in [3.8, 4) is 17.3 Å². The van der Waals surface area contributed by atoms with Crippen molar-refractivity contribution < 1.29 is 0 Å². The van der Waals surface area contributed by atoms with Gasteiger partial charge in [-0.1, -0.05) is 13.8 Å². The van der Waals surface area contributed by atoms with E-state index in [2.05, 4.69) is 40.0 Å². The highest BCUT2D eigenvalue weighted by Gasteiger charge is 2.29. The molecule has 0 aliphatic carbocycles. The molecule has 112 valence electrons. The van der Waals surface area contributed by atoms with Gasteiger partial charge < -0.3 is 4.98 Å². The minimum Gasteiger partial charge on any atom is -0.346 e. The predicted octanol–water partition coefficient (Wildman–Crippen LogP) is 3.25. The van der Waals surface area contributed by atoms with E-state index >= 15 is 0 Å². The normalized spacial score (nSPS) is 11.7. The number of aromatic amines is 1. The van der Waals surface area contributed by atoms with Gasteiger partial charge in [-0.05, 0) is 18.9 Å². The summed E-state index contributed by atoms with van der Waals surface area (Å²) in [6.45, 7) is 4.19. The van der Waals surface area contributed by atoms with Crippen LogP contribution in [-0.4, -0.2) is 24.7 Å². The quantitative estimate of drug-likeness (QED) is 0.783. The number of nitrogens with one attached hydrogen (secondary N) is 1. The molecule has 0 saturated carbocycles. The van der Waals surface area contributed by atoms with Gasteiger partial charge in [-0.3, -0.25) is 4.68 Å². The Bertz CT molecular complexity index is 818. The fourth-order valence-corrected chi connectivity index (χ4v) is 2.86. The Morgan fingerprint density at radius 2 is 2.14 bits per heavy atom. The van der Waals surface area contributed by atoms with Crippen molar-refractivity contribution in [3.05, 3.63) is 31.0 Å². The zero-order valence-corrected chi connectivity index (χ0v) is 12.7. The van der Waals surface area contributed by atoms with E-state index in [1.54, 1.807) is 6.33 Å². The molecule has 0 saturated heterocycles. The molecule has 22 heavy (non-hydrogen) atoms. The summed E-state index contributed by atoms with van der Waals surface area (Å²) in [5.41, 5.74) is 2.36. The fourth-order valence-electron chi connectivity index (χ4n) is 2.86. The van der Waals surface area contributed by atoms with Gasteiger partial charge in [0, 0.05) is 23.3 Å². The summed E-state index contributed by atoms with van der Waals surface area (Å²) in [5.74, 6) is 0. The first kappa shape index (κ1) is 14.3. The molecular weight excluding hydrogens is 276 g/mol. The summed E-state index contributed by atoms with van der Waals surface area (Å²) in [5, 5.41) is 14.6. The van der Waals surface area contributed by atoms with Crippen molar-refractivity contribution in [2.75, 3.05) is 0 Å². The van der Waals surface area contributed by atoms with Crippen LogP contribution in [0, 0.1) is 11.3 Å². The standard InChI is InChI=1S/C16H18N6/c1-3-16(4-2,6-7-17)22-10-12(9-21-22)14-13-5-8-18-15(13)20-11-19-14/h5,8-11H,3-4,6H2,1-2H3,(H,18,19,20). The van der Waals surface area contributed by atoms with E-state index in [4.69, 9.17) is 5.26 Å². The zero-order chi connectivity index (χ0) is 15.6. The molecule has 0 unspecified atom stereocenters. The van der Waals surface area contributed by atoms with Crippen LogP contribution in [0.1, 0.15) is 33.1 Å². The molecule has 0 spiro atoms. The lowest BCUT2D eigenvalue weighted by Gasteiger charge is -2.29. The molecule has 0 aromatic carbocycles. The largest absolute Gasteiger partial charge is 0.346 e. The molecule has 6 heteroatoms. The average molecular weight is 294 g/mol. The van der Waals surface area contributed by atoms with Crippen LogP contribution >= 0.6 is 0 Å². The number of hydrogen-bond donors (Lipinski definition) is 1. The van der Waals surface area contributed by atoms with Crippen molar-refractivity contribution in [1.82, 2.24) is 24.7 Å². The summed E-state index contributed by atoms with van der Waals surface area (Å²) in [6.07, 6.45) is 9.37. The fraction of sp³-hybridized carbons (Fsp3) is 0.375. The maximum atomic E-state index is 9.15. The number of nitriles is 1. The van der Waals surface area contributed by atoms with Crippen molar-refractivity contribution in [3.63, 3.8) is 0 Å². The van der Waals surface area contributed by atoms with Gasteiger partial charge in [-0.15, -0.1) is 0 Å². The minimum atomic E-state index is -0.253. The third-order valence-corrected chi connectivity index (χ3v) is 4.42. The highest BCUT2D eigenvalue weighted by molar-refractivity contribution is 5.89. The first-order chi connectivity index (χ1) is 10.7. The summed E-state index contributed by atoms with van der Waals surface area (Å²) < 4.78 is 1.92. The second-order valence-electron chi connectivity index (χ2n) is 5.40. The van der Waals surface area contributed by atoms with Crippen molar-refractivity contribution in [2.45, 2.75) is 38.6 Å². The Kier molecular flexibility index (Phi) is 3.63. The molecule has 0 bridgehead atoms. The van der Waals surface area contributed by atoms with E-state index in [1.807, 2.05) is 29.3 Å². The Hall–Kier alpha value is -2.68. The van der Waals surface area contributed by atoms with Gasteiger partial charge in [0.05, 0.1) is 29.9 Å². The van der Waals surface area contributed by atoms with Crippen LogP contribution in [0.4, 0.5) is 0 Å². The Morgan fingerprint density at radius 1 is 1.32 bits per heavy atom. The van der Waals surface area contributed by atoms with E-state index < -0.39 is 0 Å². The second-order valence-corrected chi connectivity index (χ2v) is 5.40. The number of aromatic nitrogens is 5. The van der Waals surface area contributed by atoms with Crippen molar-refractivity contribution in [1.29, 1.82) is 5.26 Å². The number of rotatable bonds is 5. The molecule has 0 fully saturated rings. The first-order valence-electron chi connectivity index (χ1n) is 7.44. The van der Waals surface area contributed by atoms with Gasteiger partial charge in [0.1, 0.15) is 12.0 Å². The predicted molar refractivity (Wildman–Crippen MR) is 83.9 cm³/mol. The molecule has 3 aromatic heterocycles. The van der Waals surface area contributed by atoms with E-state index in [0.29, 0.717) is 6.42 Å². The van der Waals surface area contributed by atoms with Gasteiger partial charge in [0.15, 0.2) is 0 Å². The molecule has 0 aliphatic rings. The van der Waals surface area contributed by atoms with E-state index in [-0.39, 0.29) is 5.54 Å². The maximum absolute atomic E-state index is 9.15. The Morgan fingerprint density at radius 3 is 2.86 bits per heavy atom. The lowest BCUT2D eigenvalue weighted by atomic mass is 9.90. The van der Waals surface area contributed by atoms with Crippen molar-refractivity contribution in [2.24, 2.45) is 0 Å². The van der Waals surface area contributed by atoms with E-state index in [1.165, 1.54) is 0 Å². The topological polar surface area (TPSA) is 83.2 Å². The maximum Gasteiger partial charge on any atom is 0.141 e. The van der Waals surface area contributed by atoms with Crippen LogP contribution in [-0.2, 0) is 5.54 Å². The molecule has 0 aliphatic heterocycles. The van der Waals surface area contributed by atoms with Gasteiger partial charge in [0.2, 0.25) is 0 Å². The average Bonchev–Trinajstić information content (AvgIpc) is 3.21. The number of H-pyrrole nitrogens is 1. The van der Waals surface area contributed by atoms with Crippen LogP contribution in [0.25, 0.3) is 22.3 Å². The third-order valence-electron chi connectivity index (χ3n) is 4.42. The minimum absolute atomic E-state index is 0.253. The molecule has 6 nitrogen and oxygen atoms in total. The van der Waals surface area contributed by atoms with Gasteiger partial charge >= 0.3 is 0 Å². The van der Waals surface area contributed by atoms with Crippen molar-refractivity contribution >= 4 is 11.0 Å². The lowest BCUT2D eigenvalue weighted by molar-refractivity contribution is 0.240. The molecule has 3 rings (SSSR count). The summed E-state index contributed by atoms with van der Waals surface area (Å²) in [6, 6.07) is 4.25. The Balaban J connectivity index is 2.07. The molecule has 3 aromatic rings. The Labute approximate surface area is 128 Å². The molecule has 0 radical (unpaired) electrons. The van der Waals surface area contributed by atoms with Gasteiger partial charge in [-0.2, -0.15) is 10.4 Å². The third kappa shape index (κ3) is 2.15. The van der Waals surface area contributed by atoms with E-state index in [9.17, 15) is 0 Å². The first-order valence-corrected chi connectivity index (χ1v) is 7.44. The van der Waals surface area contributed by atoms with Crippen LogP contribution in [0.5, 0.6) is 0 Å². The highest BCUT2D eigenvalue weighted by atomic mass is 15.3. The summed E-state index contributed by atoms with van der Waals surface area (Å²) in [4.78, 5) is 11.7. The van der Waals surface area contributed by atoms with Gasteiger partial charge in [0.25, 0.3) is 0 Å². The second kappa shape index (κ2) is 5.60. The van der Waals surface area contributed by atoms with Crippen LogP contribution < -0.4 is 0 Å². The van der Waals surface area contributed by atoms with Crippen LogP contribution in [0.2, 0.25) is 0 Å². The molecular formula is C16H18N6. The number of hydrogen-bond acceptors (Lipinski definition) is 4. The van der Waals surface area contributed by atoms with Gasteiger partial charge in [-0.25, -0.2) is 9.97 Å².